The second-order valence-corrected chi connectivity index (χ2v) is 13.2. The van der Waals surface area contributed by atoms with Crippen molar-refractivity contribution in [2.45, 2.75) is 72.6 Å². The molecule has 0 aliphatic heterocycles. The summed E-state index contributed by atoms with van der Waals surface area (Å²) in [5, 5.41) is 3.67. The number of rotatable bonds is 6. The van der Waals surface area contributed by atoms with Gasteiger partial charge in [-0.3, -0.25) is 0 Å². The van der Waals surface area contributed by atoms with Crippen molar-refractivity contribution in [3.8, 4) is 0 Å². The summed E-state index contributed by atoms with van der Waals surface area (Å²) in [6.07, 6.45) is 4.71. The molecule has 0 bridgehead atoms. The second kappa shape index (κ2) is 6.19. The van der Waals surface area contributed by atoms with Crippen LogP contribution in [0.5, 0.6) is 0 Å². The van der Waals surface area contributed by atoms with Gasteiger partial charge in [-0.05, 0) is 38.6 Å². The van der Waals surface area contributed by atoms with Gasteiger partial charge in [0.15, 0.2) is 0 Å². The molecule has 0 aliphatic rings. The van der Waals surface area contributed by atoms with Crippen LogP contribution < -0.4 is 5.32 Å². The molecule has 0 atom stereocenters. The number of hydrogen-bond donors (Lipinski definition) is 1. The summed E-state index contributed by atoms with van der Waals surface area (Å²) >= 11 is 0. The third kappa shape index (κ3) is 12.2. The number of nitrogens with one attached hydrogen (secondary N) is 1. The lowest BCUT2D eigenvalue weighted by molar-refractivity contribution is 0.244. The van der Waals surface area contributed by atoms with Crippen LogP contribution in [-0.4, -0.2) is 20.2 Å². The standard InChI is InChI=1S/C15H33NSi/c1-14(2,3)13-15(4,5)16-11-9-10-12-17(6,7)8/h10,12,16H,9,11,13H2,1-8H3/b12-10+. The zero-order valence-electron chi connectivity index (χ0n) is 13.3. The van der Waals surface area contributed by atoms with E-state index in [0.717, 1.165) is 13.0 Å². The highest BCUT2D eigenvalue weighted by atomic mass is 28.3. The van der Waals surface area contributed by atoms with Gasteiger partial charge in [0, 0.05) is 5.54 Å². The van der Waals surface area contributed by atoms with E-state index in [9.17, 15) is 0 Å². The fourth-order valence-corrected chi connectivity index (χ4v) is 3.19. The van der Waals surface area contributed by atoms with Crippen LogP contribution in [0.25, 0.3) is 0 Å². The molecule has 0 heterocycles. The molecule has 0 aromatic heterocycles. The summed E-state index contributed by atoms with van der Waals surface area (Å²) in [6, 6.07) is 0. The first-order valence-corrected chi connectivity index (χ1v) is 10.4. The van der Waals surface area contributed by atoms with E-state index in [-0.39, 0.29) is 5.54 Å². The maximum Gasteiger partial charge on any atom is 0.0682 e. The van der Waals surface area contributed by atoms with Crippen molar-refractivity contribution in [1.29, 1.82) is 0 Å². The molecule has 0 aromatic carbocycles. The van der Waals surface area contributed by atoms with Crippen LogP contribution >= 0.6 is 0 Å². The minimum absolute atomic E-state index is 0.241. The van der Waals surface area contributed by atoms with Crippen LogP contribution in [0.2, 0.25) is 19.6 Å². The second-order valence-electron chi connectivity index (χ2n) is 8.11. The molecule has 0 amide bonds. The Kier molecular flexibility index (Phi) is 6.16. The van der Waals surface area contributed by atoms with Crippen molar-refractivity contribution in [1.82, 2.24) is 5.32 Å². The van der Waals surface area contributed by atoms with E-state index in [1.807, 2.05) is 0 Å². The van der Waals surface area contributed by atoms with Gasteiger partial charge in [-0.15, -0.1) is 0 Å². The van der Waals surface area contributed by atoms with Crippen LogP contribution in [0.4, 0.5) is 0 Å². The Hall–Kier alpha value is -0.0831. The molecule has 1 N–H and O–H groups in total. The van der Waals surface area contributed by atoms with Crippen molar-refractivity contribution in [2.24, 2.45) is 5.41 Å². The Balaban J connectivity index is 3.92. The quantitative estimate of drug-likeness (QED) is 0.540. The van der Waals surface area contributed by atoms with E-state index in [4.69, 9.17) is 0 Å². The Morgan fingerprint density at radius 3 is 1.94 bits per heavy atom. The van der Waals surface area contributed by atoms with E-state index in [0.29, 0.717) is 5.41 Å². The largest absolute Gasteiger partial charge is 0.311 e. The zero-order valence-corrected chi connectivity index (χ0v) is 14.3. The Labute approximate surface area is 110 Å². The van der Waals surface area contributed by atoms with Crippen LogP contribution in [0.15, 0.2) is 11.8 Å². The van der Waals surface area contributed by atoms with E-state index >= 15 is 0 Å². The molecule has 17 heavy (non-hydrogen) atoms. The fourth-order valence-electron chi connectivity index (χ4n) is 2.32. The molecule has 0 rings (SSSR count). The fraction of sp³-hybridized carbons (Fsp3) is 0.867. The van der Waals surface area contributed by atoms with E-state index in [2.05, 4.69) is 71.4 Å². The lowest BCUT2D eigenvalue weighted by Crippen LogP contribution is -2.42. The predicted octanol–water partition coefficient (Wildman–Crippen LogP) is 4.61. The third-order valence-corrected chi connectivity index (χ3v) is 3.74. The molecule has 0 unspecified atom stereocenters. The minimum Gasteiger partial charge on any atom is -0.311 e. The Bertz CT molecular complexity index is 241. The van der Waals surface area contributed by atoms with Crippen LogP contribution in [-0.2, 0) is 0 Å². The van der Waals surface area contributed by atoms with Gasteiger partial charge in [0.1, 0.15) is 0 Å². The molecule has 2 heteroatoms. The maximum atomic E-state index is 3.67. The van der Waals surface area contributed by atoms with Gasteiger partial charge in [-0.25, -0.2) is 0 Å². The molecule has 0 aliphatic carbocycles. The van der Waals surface area contributed by atoms with Gasteiger partial charge >= 0.3 is 0 Å². The number of hydrogen-bond acceptors (Lipinski definition) is 1. The minimum atomic E-state index is -1.000. The molecule has 0 saturated carbocycles. The van der Waals surface area contributed by atoms with Gasteiger partial charge in [-0.1, -0.05) is 52.2 Å². The molecule has 0 spiro atoms. The summed E-state index contributed by atoms with van der Waals surface area (Å²) in [7, 11) is -1.000. The summed E-state index contributed by atoms with van der Waals surface area (Å²) in [5.74, 6) is 0. The average Bonchev–Trinajstić information content (AvgIpc) is 1.95. The molecular weight excluding hydrogens is 222 g/mol. The summed E-state index contributed by atoms with van der Waals surface area (Å²) in [4.78, 5) is 0. The Morgan fingerprint density at radius 1 is 1.00 bits per heavy atom. The highest BCUT2D eigenvalue weighted by molar-refractivity contribution is 6.80. The Morgan fingerprint density at radius 2 is 1.53 bits per heavy atom. The van der Waals surface area contributed by atoms with Gasteiger partial charge in [0.2, 0.25) is 0 Å². The SMILES string of the molecule is CC(C)(C)CC(C)(C)NCC/C=C/[Si](C)(C)C. The van der Waals surface area contributed by atoms with Crippen LogP contribution in [0.3, 0.4) is 0 Å². The van der Waals surface area contributed by atoms with E-state index < -0.39 is 8.07 Å². The van der Waals surface area contributed by atoms with Crippen LogP contribution in [0, 0.1) is 5.41 Å². The van der Waals surface area contributed by atoms with Crippen molar-refractivity contribution < 1.29 is 0 Å². The van der Waals surface area contributed by atoms with Gasteiger partial charge in [0.25, 0.3) is 0 Å². The predicted molar refractivity (Wildman–Crippen MR) is 83.3 cm³/mol. The van der Waals surface area contributed by atoms with E-state index in [1.54, 1.807) is 0 Å². The highest BCUT2D eigenvalue weighted by Crippen LogP contribution is 2.26. The highest BCUT2D eigenvalue weighted by Gasteiger charge is 2.24. The van der Waals surface area contributed by atoms with Crippen LogP contribution in [0.1, 0.15) is 47.5 Å². The molecule has 1 nitrogen and oxygen atoms in total. The lowest BCUT2D eigenvalue weighted by Gasteiger charge is -2.33. The van der Waals surface area contributed by atoms with Crippen molar-refractivity contribution in [3.05, 3.63) is 11.8 Å². The first kappa shape index (κ1) is 16.9. The topological polar surface area (TPSA) is 12.0 Å². The average molecular weight is 256 g/mol. The molecule has 102 valence electrons. The van der Waals surface area contributed by atoms with Gasteiger partial charge in [0.05, 0.1) is 8.07 Å². The van der Waals surface area contributed by atoms with Crippen molar-refractivity contribution >= 4 is 8.07 Å². The third-order valence-electron chi connectivity index (χ3n) is 2.50. The molecule has 0 fully saturated rings. The molecular formula is C15H33NSi. The van der Waals surface area contributed by atoms with E-state index in [1.165, 1.54) is 6.42 Å². The van der Waals surface area contributed by atoms with Gasteiger partial charge < -0.3 is 5.32 Å². The summed E-state index contributed by atoms with van der Waals surface area (Å²) in [6.45, 7) is 19.7. The maximum absolute atomic E-state index is 3.67. The first-order valence-electron chi connectivity index (χ1n) is 6.84. The summed E-state index contributed by atoms with van der Waals surface area (Å²) in [5.41, 5.74) is 3.07. The zero-order chi connectivity index (χ0) is 13.7. The van der Waals surface area contributed by atoms with Crippen molar-refractivity contribution in [3.63, 3.8) is 0 Å². The lowest BCUT2D eigenvalue weighted by atomic mass is 9.82. The molecule has 0 aromatic rings. The molecule has 0 radical (unpaired) electrons. The normalized spacial score (nSPS) is 14.6. The van der Waals surface area contributed by atoms with Crippen molar-refractivity contribution in [2.75, 3.05) is 6.54 Å². The first-order chi connectivity index (χ1) is 7.41. The van der Waals surface area contributed by atoms with Gasteiger partial charge in [-0.2, -0.15) is 0 Å². The molecule has 0 saturated heterocycles. The summed E-state index contributed by atoms with van der Waals surface area (Å²) < 4.78 is 0. The smallest absolute Gasteiger partial charge is 0.0682 e. The monoisotopic (exact) mass is 255 g/mol.